The maximum Gasteiger partial charge on any atom is 0.242 e. The van der Waals surface area contributed by atoms with Gasteiger partial charge in [-0.15, -0.1) is 0 Å². The van der Waals surface area contributed by atoms with Crippen LogP contribution in [0, 0.1) is 5.82 Å². The smallest absolute Gasteiger partial charge is 0.242 e. The molecule has 132 valence electrons. The van der Waals surface area contributed by atoms with E-state index in [1.165, 1.54) is 23.4 Å². The van der Waals surface area contributed by atoms with E-state index in [9.17, 15) is 9.18 Å². The summed E-state index contributed by atoms with van der Waals surface area (Å²) < 4.78 is 13.5. The Morgan fingerprint density at radius 2 is 2.04 bits per heavy atom. The molecular weight excluding hydrogens is 317 g/mol. The molecule has 0 saturated carbocycles. The van der Waals surface area contributed by atoms with Gasteiger partial charge in [0.1, 0.15) is 11.9 Å². The van der Waals surface area contributed by atoms with Crippen LogP contribution in [0.4, 0.5) is 10.1 Å². The first-order valence-corrected chi connectivity index (χ1v) is 8.58. The van der Waals surface area contributed by atoms with Crippen molar-refractivity contribution >= 4 is 11.6 Å². The molecule has 2 aromatic rings. The number of halogens is 1. The highest BCUT2D eigenvalue weighted by Crippen LogP contribution is 2.26. The maximum atomic E-state index is 13.5. The monoisotopic (exact) mass is 341 g/mol. The molecule has 5 heteroatoms. The van der Waals surface area contributed by atoms with Crippen molar-refractivity contribution < 1.29 is 9.18 Å². The van der Waals surface area contributed by atoms with Crippen LogP contribution >= 0.6 is 0 Å². The van der Waals surface area contributed by atoms with Gasteiger partial charge in [-0.1, -0.05) is 30.3 Å². The fourth-order valence-corrected chi connectivity index (χ4v) is 3.41. The number of hydrogen-bond donors (Lipinski definition) is 1. The molecule has 1 aliphatic rings. The van der Waals surface area contributed by atoms with Crippen molar-refractivity contribution in [3.8, 4) is 0 Å². The molecule has 0 aromatic heterocycles. The van der Waals surface area contributed by atoms with E-state index in [1.54, 1.807) is 17.0 Å². The molecule has 0 spiro atoms. The van der Waals surface area contributed by atoms with Crippen LogP contribution in [0.1, 0.15) is 17.2 Å². The molecule has 0 radical (unpaired) electrons. The zero-order chi connectivity index (χ0) is 17.8. The minimum Gasteiger partial charge on any atom is -0.369 e. The van der Waals surface area contributed by atoms with Crippen LogP contribution in [-0.2, 0) is 11.2 Å². The number of carbonyl (C=O) groups is 1. The lowest BCUT2D eigenvalue weighted by Gasteiger charge is -2.25. The normalized spacial score (nSPS) is 14.5. The highest BCUT2D eigenvalue weighted by Gasteiger charge is 2.24. The molecular formula is C20H24FN3O. The van der Waals surface area contributed by atoms with Crippen LogP contribution in [0.2, 0.25) is 0 Å². The minimum atomic E-state index is -0.499. The summed E-state index contributed by atoms with van der Waals surface area (Å²) >= 11 is 0. The van der Waals surface area contributed by atoms with Crippen molar-refractivity contribution in [2.24, 2.45) is 0 Å². The Balaban J connectivity index is 1.59. The van der Waals surface area contributed by atoms with E-state index in [0.29, 0.717) is 12.1 Å². The number of nitrogens with one attached hydrogen (secondary N) is 1. The van der Waals surface area contributed by atoms with Gasteiger partial charge in [-0.25, -0.2) is 4.39 Å². The second kappa shape index (κ2) is 7.66. The Bertz CT molecular complexity index is 747. The number of carbonyl (C=O) groups excluding carboxylic acids is 1. The van der Waals surface area contributed by atoms with Gasteiger partial charge in [0.2, 0.25) is 5.91 Å². The van der Waals surface area contributed by atoms with Crippen LogP contribution in [0.3, 0.4) is 0 Å². The van der Waals surface area contributed by atoms with Crippen molar-refractivity contribution in [1.82, 2.24) is 10.2 Å². The molecule has 1 N–H and O–H groups in total. The summed E-state index contributed by atoms with van der Waals surface area (Å²) in [5, 5.41) is 3.00. The molecule has 1 atom stereocenters. The van der Waals surface area contributed by atoms with Gasteiger partial charge in [-0.2, -0.15) is 0 Å². The highest BCUT2D eigenvalue weighted by molar-refractivity contribution is 5.83. The van der Waals surface area contributed by atoms with E-state index in [4.69, 9.17) is 0 Å². The Morgan fingerprint density at radius 3 is 2.80 bits per heavy atom. The van der Waals surface area contributed by atoms with Gasteiger partial charge in [0.25, 0.3) is 0 Å². The van der Waals surface area contributed by atoms with Gasteiger partial charge >= 0.3 is 0 Å². The zero-order valence-corrected chi connectivity index (χ0v) is 14.7. The van der Waals surface area contributed by atoms with E-state index >= 15 is 0 Å². The summed E-state index contributed by atoms with van der Waals surface area (Å²) in [7, 11) is 3.65. The standard InChI is InChI=1S/C20H24FN3O/c1-23(2)19(16-7-5-8-17(21)14-16)20(25)22-11-13-24-12-10-15-6-3-4-9-18(15)24/h3-9,14,19H,10-13H2,1-2H3,(H,22,25)/t19-/m1/s1. The fraction of sp³-hybridized carbons (Fsp3) is 0.350. The largest absolute Gasteiger partial charge is 0.369 e. The predicted molar refractivity (Wildman–Crippen MR) is 98.2 cm³/mol. The number of hydrogen-bond acceptors (Lipinski definition) is 3. The average molecular weight is 341 g/mol. The average Bonchev–Trinajstić information content (AvgIpc) is 2.98. The highest BCUT2D eigenvalue weighted by atomic mass is 19.1. The number of benzene rings is 2. The van der Waals surface area contributed by atoms with E-state index in [-0.39, 0.29) is 11.7 Å². The van der Waals surface area contributed by atoms with Crippen molar-refractivity contribution in [2.45, 2.75) is 12.5 Å². The van der Waals surface area contributed by atoms with Crippen molar-refractivity contribution in [1.29, 1.82) is 0 Å². The molecule has 4 nitrogen and oxygen atoms in total. The minimum absolute atomic E-state index is 0.108. The van der Waals surface area contributed by atoms with Crippen molar-refractivity contribution in [3.05, 3.63) is 65.5 Å². The first-order chi connectivity index (χ1) is 12.1. The third-order valence-electron chi connectivity index (χ3n) is 4.59. The predicted octanol–water partition coefficient (Wildman–Crippen LogP) is 2.61. The molecule has 1 heterocycles. The van der Waals surface area contributed by atoms with Crippen LogP contribution in [0.15, 0.2) is 48.5 Å². The Kier molecular flexibility index (Phi) is 5.34. The molecule has 0 unspecified atom stereocenters. The molecule has 0 fully saturated rings. The third kappa shape index (κ3) is 3.99. The Hall–Kier alpha value is -2.40. The van der Waals surface area contributed by atoms with E-state index in [1.807, 2.05) is 20.2 Å². The second-order valence-electron chi connectivity index (χ2n) is 6.58. The van der Waals surface area contributed by atoms with Crippen molar-refractivity contribution in [3.63, 3.8) is 0 Å². The van der Waals surface area contributed by atoms with E-state index in [2.05, 4.69) is 28.4 Å². The van der Waals surface area contributed by atoms with Crippen LogP contribution in [-0.4, -0.2) is 44.5 Å². The summed E-state index contributed by atoms with van der Waals surface area (Å²) in [4.78, 5) is 16.7. The quantitative estimate of drug-likeness (QED) is 0.877. The lowest BCUT2D eigenvalue weighted by molar-refractivity contribution is -0.125. The number of rotatable bonds is 6. The first-order valence-electron chi connectivity index (χ1n) is 8.58. The maximum absolute atomic E-state index is 13.5. The van der Waals surface area contributed by atoms with E-state index < -0.39 is 6.04 Å². The van der Waals surface area contributed by atoms with Crippen molar-refractivity contribution in [2.75, 3.05) is 38.6 Å². The number of anilines is 1. The summed E-state index contributed by atoms with van der Waals surface area (Å²) in [5.74, 6) is -0.436. The van der Waals surface area contributed by atoms with Crippen LogP contribution in [0.25, 0.3) is 0 Å². The molecule has 0 saturated heterocycles. The molecule has 1 amide bonds. The van der Waals surface area contributed by atoms with Gasteiger partial charge in [0.05, 0.1) is 0 Å². The van der Waals surface area contributed by atoms with Gasteiger partial charge < -0.3 is 10.2 Å². The fourth-order valence-electron chi connectivity index (χ4n) is 3.41. The van der Waals surface area contributed by atoms with Gasteiger partial charge in [0.15, 0.2) is 0 Å². The molecule has 3 rings (SSSR count). The van der Waals surface area contributed by atoms with Crippen LogP contribution in [0.5, 0.6) is 0 Å². The Morgan fingerprint density at radius 1 is 1.24 bits per heavy atom. The van der Waals surface area contributed by atoms with Gasteiger partial charge in [-0.3, -0.25) is 9.69 Å². The van der Waals surface area contributed by atoms with E-state index in [0.717, 1.165) is 19.5 Å². The lowest BCUT2D eigenvalue weighted by atomic mass is 10.1. The molecule has 0 bridgehead atoms. The second-order valence-corrected chi connectivity index (χ2v) is 6.58. The molecule has 1 aliphatic heterocycles. The summed E-state index contributed by atoms with van der Waals surface area (Å²) in [6, 6.07) is 14.1. The summed E-state index contributed by atoms with van der Waals surface area (Å²) in [5.41, 5.74) is 3.28. The van der Waals surface area contributed by atoms with Crippen LogP contribution < -0.4 is 10.2 Å². The van der Waals surface area contributed by atoms with Gasteiger partial charge in [-0.05, 0) is 49.8 Å². The summed E-state index contributed by atoms with van der Waals surface area (Å²) in [6.45, 7) is 2.31. The first kappa shape index (κ1) is 17.4. The molecule has 2 aromatic carbocycles. The number of fused-ring (bicyclic) bond motifs is 1. The SMILES string of the molecule is CN(C)[C@@H](C(=O)NCCN1CCc2ccccc21)c1cccc(F)c1. The third-order valence-corrected chi connectivity index (χ3v) is 4.59. The number of likely N-dealkylation sites (N-methyl/N-ethyl adjacent to an activating group) is 1. The molecule has 0 aliphatic carbocycles. The lowest BCUT2D eigenvalue weighted by Crippen LogP contribution is -2.40. The topological polar surface area (TPSA) is 35.6 Å². The number of nitrogens with zero attached hydrogens (tertiary/aromatic N) is 2. The number of amides is 1. The summed E-state index contributed by atoms with van der Waals surface area (Å²) in [6.07, 6.45) is 1.05. The number of para-hydroxylation sites is 1. The Labute approximate surface area is 148 Å². The molecule has 25 heavy (non-hydrogen) atoms. The zero-order valence-electron chi connectivity index (χ0n) is 14.7. The van der Waals surface area contributed by atoms with Gasteiger partial charge in [0, 0.05) is 25.3 Å².